The van der Waals surface area contributed by atoms with Gasteiger partial charge in [-0.3, -0.25) is 4.79 Å². The first-order chi connectivity index (χ1) is 12.5. The molecule has 0 radical (unpaired) electrons. The second-order valence-corrected chi connectivity index (χ2v) is 6.90. The first-order valence-corrected chi connectivity index (χ1v) is 8.94. The number of phenolic OH excluding ortho intramolecular Hbond substituents is 1. The summed E-state index contributed by atoms with van der Waals surface area (Å²) in [6.45, 7) is -0.134. The summed E-state index contributed by atoms with van der Waals surface area (Å²) in [5, 5.41) is 25.7. The minimum absolute atomic E-state index is 0.0247. The van der Waals surface area contributed by atoms with E-state index in [0.717, 1.165) is 10.0 Å². The summed E-state index contributed by atoms with van der Waals surface area (Å²) in [5.74, 6) is 0.0364. The zero-order valence-corrected chi connectivity index (χ0v) is 16.3. The Morgan fingerprint density at radius 3 is 2.81 bits per heavy atom. The average Bonchev–Trinajstić information content (AvgIpc) is 3.08. The van der Waals surface area contributed by atoms with Crippen molar-refractivity contribution in [3.63, 3.8) is 0 Å². The van der Waals surface area contributed by atoms with Crippen LogP contribution in [0.25, 0.3) is 11.4 Å². The lowest BCUT2D eigenvalue weighted by Crippen LogP contribution is -2.24. The summed E-state index contributed by atoms with van der Waals surface area (Å²) in [7, 11) is 0. The summed E-state index contributed by atoms with van der Waals surface area (Å²) in [4.78, 5) is 13.1. The van der Waals surface area contributed by atoms with Crippen molar-refractivity contribution in [2.45, 2.75) is 6.54 Å². The highest BCUT2D eigenvalue weighted by atomic mass is 79.9. The maximum Gasteiger partial charge on any atom is 0.263 e. The fraction of sp³-hybridized carbons (Fsp3) is 0.0625. The van der Waals surface area contributed by atoms with Crippen LogP contribution in [0.5, 0.6) is 5.75 Å². The standard InChI is InChI=1S/C16H12Br2N6O2/c17-12-6-11(15(26)13(18)7-12)8-19-20-14(25)9-24-22-16(21-23-24)10-4-2-1-3-5-10/h1-8,26H,9H2,(H,20,25). The Bertz CT molecular complexity index is 959. The molecule has 26 heavy (non-hydrogen) atoms. The van der Waals surface area contributed by atoms with E-state index in [1.54, 1.807) is 12.1 Å². The van der Waals surface area contributed by atoms with Crippen molar-refractivity contribution in [3.05, 3.63) is 57.0 Å². The van der Waals surface area contributed by atoms with E-state index in [4.69, 9.17) is 0 Å². The highest BCUT2D eigenvalue weighted by molar-refractivity contribution is 9.11. The molecular formula is C16H12Br2N6O2. The highest BCUT2D eigenvalue weighted by Gasteiger charge is 2.09. The third kappa shape index (κ3) is 4.52. The number of tetrazole rings is 1. The number of nitrogens with zero attached hydrogens (tertiary/aromatic N) is 5. The second kappa shape index (κ2) is 8.19. The molecular weight excluding hydrogens is 468 g/mol. The summed E-state index contributed by atoms with van der Waals surface area (Å²) in [6, 6.07) is 12.7. The average molecular weight is 480 g/mol. The highest BCUT2D eigenvalue weighted by Crippen LogP contribution is 2.30. The van der Waals surface area contributed by atoms with Crippen LogP contribution < -0.4 is 5.43 Å². The van der Waals surface area contributed by atoms with E-state index in [1.165, 1.54) is 11.0 Å². The van der Waals surface area contributed by atoms with Crippen LogP contribution in [0.1, 0.15) is 5.56 Å². The molecule has 0 saturated heterocycles. The van der Waals surface area contributed by atoms with Crippen molar-refractivity contribution in [3.8, 4) is 17.1 Å². The minimum Gasteiger partial charge on any atom is -0.506 e. The third-order valence-electron chi connectivity index (χ3n) is 3.22. The number of carbonyl (C=O) groups is 1. The lowest BCUT2D eigenvalue weighted by atomic mass is 10.2. The fourth-order valence-electron chi connectivity index (χ4n) is 2.03. The molecule has 1 aromatic heterocycles. The number of nitrogens with one attached hydrogen (secondary N) is 1. The number of phenols is 1. The maximum absolute atomic E-state index is 11.9. The van der Waals surface area contributed by atoms with Crippen LogP contribution in [0.2, 0.25) is 0 Å². The molecule has 132 valence electrons. The van der Waals surface area contributed by atoms with Gasteiger partial charge in [0.25, 0.3) is 5.91 Å². The van der Waals surface area contributed by atoms with E-state index in [-0.39, 0.29) is 12.3 Å². The molecule has 8 nitrogen and oxygen atoms in total. The Hall–Kier alpha value is -2.59. The number of benzene rings is 2. The van der Waals surface area contributed by atoms with Gasteiger partial charge >= 0.3 is 0 Å². The number of rotatable bonds is 5. The van der Waals surface area contributed by atoms with Crippen molar-refractivity contribution in [1.29, 1.82) is 0 Å². The molecule has 3 aromatic rings. The lowest BCUT2D eigenvalue weighted by Gasteiger charge is -2.03. The molecule has 0 aliphatic carbocycles. The summed E-state index contributed by atoms with van der Waals surface area (Å²) in [5.41, 5.74) is 3.61. The van der Waals surface area contributed by atoms with Crippen LogP contribution in [-0.4, -0.2) is 37.4 Å². The number of aromatic nitrogens is 4. The van der Waals surface area contributed by atoms with E-state index >= 15 is 0 Å². The molecule has 0 aliphatic heterocycles. The third-order valence-corrected chi connectivity index (χ3v) is 4.28. The van der Waals surface area contributed by atoms with Gasteiger partial charge in [0.05, 0.1) is 10.7 Å². The smallest absolute Gasteiger partial charge is 0.263 e. The van der Waals surface area contributed by atoms with Crippen molar-refractivity contribution >= 4 is 44.0 Å². The van der Waals surface area contributed by atoms with E-state index in [2.05, 4.69) is 57.8 Å². The number of hydrazone groups is 1. The number of hydrogen-bond donors (Lipinski definition) is 2. The predicted molar refractivity (Wildman–Crippen MR) is 102 cm³/mol. The van der Waals surface area contributed by atoms with Gasteiger partial charge < -0.3 is 5.11 Å². The summed E-state index contributed by atoms with van der Waals surface area (Å²) >= 11 is 6.54. The molecule has 3 rings (SSSR count). The molecule has 0 atom stereocenters. The quantitative estimate of drug-likeness (QED) is 0.432. The molecule has 0 fully saturated rings. The molecule has 2 N–H and O–H groups in total. The molecule has 0 saturated carbocycles. The van der Waals surface area contributed by atoms with Crippen LogP contribution in [0, 0.1) is 0 Å². The molecule has 2 aromatic carbocycles. The molecule has 0 unspecified atom stereocenters. The zero-order valence-electron chi connectivity index (χ0n) is 13.2. The Balaban J connectivity index is 1.61. The van der Waals surface area contributed by atoms with E-state index in [0.29, 0.717) is 15.9 Å². The fourth-order valence-corrected chi connectivity index (χ4v) is 3.29. The van der Waals surface area contributed by atoms with Crippen LogP contribution in [0.4, 0.5) is 0 Å². The summed E-state index contributed by atoms with van der Waals surface area (Å²) < 4.78 is 1.27. The molecule has 1 heterocycles. The van der Waals surface area contributed by atoms with Gasteiger partial charge in [0.15, 0.2) is 0 Å². The van der Waals surface area contributed by atoms with Gasteiger partial charge in [0.2, 0.25) is 5.82 Å². The monoisotopic (exact) mass is 478 g/mol. The van der Waals surface area contributed by atoms with Crippen molar-refractivity contribution in [2.75, 3.05) is 0 Å². The van der Waals surface area contributed by atoms with Crippen LogP contribution in [-0.2, 0) is 11.3 Å². The number of aromatic hydroxyl groups is 1. The number of amides is 1. The van der Waals surface area contributed by atoms with E-state index < -0.39 is 5.91 Å². The largest absolute Gasteiger partial charge is 0.506 e. The van der Waals surface area contributed by atoms with Gasteiger partial charge in [0.1, 0.15) is 12.3 Å². The molecule has 0 spiro atoms. The number of hydrogen-bond acceptors (Lipinski definition) is 6. The predicted octanol–water partition coefficient (Wildman–Crippen LogP) is 2.72. The van der Waals surface area contributed by atoms with Gasteiger partial charge in [-0.15, -0.1) is 10.2 Å². The molecule has 0 bridgehead atoms. The zero-order chi connectivity index (χ0) is 18.5. The minimum atomic E-state index is -0.424. The lowest BCUT2D eigenvalue weighted by molar-refractivity contribution is -0.122. The Labute approximate surface area is 165 Å². The second-order valence-electron chi connectivity index (χ2n) is 5.13. The maximum atomic E-state index is 11.9. The van der Waals surface area contributed by atoms with E-state index in [9.17, 15) is 9.90 Å². The Morgan fingerprint density at radius 1 is 1.27 bits per heavy atom. The van der Waals surface area contributed by atoms with Gasteiger partial charge in [0, 0.05) is 15.6 Å². The first kappa shape index (κ1) is 18.2. The SMILES string of the molecule is O=C(Cn1nnc(-c2ccccc2)n1)NN=Cc1cc(Br)cc(Br)c1O. The van der Waals surface area contributed by atoms with Gasteiger partial charge in [-0.25, -0.2) is 5.43 Å². The van der Waals surface area contributed by atoms with Crippen LogP contribution in [0.15, 0.2) is 56.5 Å². The van der Waals surface area contributed by atoms with Gasteiger partial charge in [-0.1, -0.05) is 46.3 Å². The summed E-state index contributed by atoms with van der Waals surface area (Å²) in [6.07, 6.45) is 1.34. The Morgan fingerprint density at radius 2 is 2.04 bits per heavy atom. The molecule has 0 aliphatic rings. The first-order valence-electron chi connectivity index (χ1n) is 7.36. The Kier molecular flexibility index (Phi) is 5.74. The number of carbonyl (C=O) groups excluding carboxylic acids is 1. The normalized spacial score (nSPS) is 11.0. The van der Waals surface area contributed by atoms with Gasteiger partial charge in [-0.05, 0) is 33.3 Å². The van der Waals surface area contributed by atoms with Crippen LogP contribution in [0.3, 0.4) is 0 Å². The van der Waals surface area contributed by atoms with Crippen LogP contribution >= 0.6 is 31.9 Å². The van der Waals surface area contributed by atoms with Crippen molar-refractivity contribution in [1.82, 2.24) is 25.6 Å². The van der Waals surface area contributed by atoms with Crippen molar-refractivity contribution < 1.29 is 9.90 Å². The topological polar surface area (TPSA) is 105 Å². The van der Waals surface area contributed by atoms with Gasteiger partial charge in [-0.2, -0.15) is 9.90 Å². The van der Waals surface area contributed by atoms with Crippen molar-refractivity contribution in [2.24, 2.45) is 5.10 Å². The molecule has 1 amide bonds. The number of halogens is 2. The van der Waals surface area contributed by atoms with E-state index in [1.807, 2.05) is 30.3 Å². The molecule has 10 heteroatoms.